The standard InChI is InChI=1S/C18H23N/c1-13(2)19(17-9-7-6-8-15(17)4)18-11-10-14(3)12-16(18)5/h6-13H,1-5H3. The van der Waals surface area contributed by atoms with Crippen LogP contribution in [0, 0.1) is 20.8 Å². The normalized spacial score (nSPS) is 10.8. The van der Waals surface area contributed by atoms with Crippen molar-refractivity contribution in [1.82, 2.24) is 0 Å². The van der Waals surface area contributed by atoms with Crippen molar-refractivity contribution in [2.45, 2.75) is 40.7 Å². The molecule has 2 rings (SSSR count). The van der Waals surface area contributed by atoms with E-state index in [2.05, 4.69) is 82.0 Å². The SMILES string of the molecule is Cc1ccc(N(c2ccccc2C)C(C)C)c(C)c1. The van der Waals surface area contributed by atoms with E-state index in [1.165, 1.54) is 28.1 Å². The molecule has 0 bridgehead atoms. The fourth-order valence-electron chi connectivity index (χ4n) is 2.60. The minimum Gasteiger partial charge on any atom is -0.338 e. The quantitative estimate of drug-likeness (QED) is 0.730. The van der Waals surface area contributed by atoms with Crippen LogP contribution in [0.15, 0.2) is 42.5 Å². The summed E-state index contributed by atoms with van der Waals surface area (Å²) in [6.45, 7) is 11.0. The molecule has 0 atom stereocenters. The van der Waals surface area contributed by atoms with Gasteiger partial charge in [0.15, 0.2) is 0 Å². The van der Waals surface area contributed by atoms with Crippen molar-refractivity contribution in [3.05, 3.63) is 59.2 Å². The van der Waals surface area contributed by atoms with Gasteiger partial charge >= 0.3 is 0 Å². The molecule has 0 N–H and O–H groups in total. The van der Waals surface area contributed by atoms with E-state index in [1.54, 1.807) is 0 Å². The predicted octanol–water partition coefficient (Wildman–Crippen LogP) is 5.16. The fraction of sp³-hybridized carbons (Fsp3) is 0.333. The van der Waals surface area contributed by atoms with E-state index >= 15 is 0 Å². The summed E-state index contributed by atoms with van der Waals surface area (Å²) >= 11 is 0. The third kappa shape index (κ3) is 2.81. The first kappa shape index (κ1) is 13.7. The van der Waals surface area contributed by atoms with E-state index in [9.17, 15) is 0 Å². The summed E-state index contributed by atoms with van der Waals surface area (Å²) in [4.78, 5) is 2.42. The lowest BCUT2D eigenvalue weighted by Crippen LogP contribution is -2.26. The Hall–Kier alpha value is -1.76. The molecule has 100 valence electrons. The topological polar surface area (TPSA) is 3.24 Å². The van der Waals surface area contributed by atoms with Crippen LogP contribution in [0.4, 0.5) is 11.4 Å². The first-order chi connectivity index (χ1) is 9.00. The number of hydrogen-bond donors (Lipinski definition) is 0. The second-order valence-corrected chi connectivity index (χ2v) is 5.54. The summed E-state index contributed by atoms with van der Waals surface area (Å²) in [5.74, 6) is 0. The molecule has 0 saturated carbocycles. The number of aryl methyl sites for hydroxylation is 3. The molecule has 0 fully saturated rings. The second kappa shape index (κ2) is 5.48. The van der Waals surface area contributed by atoms with Crippen molar-refractivity contribution in [3.63, 3.8) is 0 Å². The zero-order valence-electron chi connectivity index (χ0n) is 12.6. The monoisotopic (exact) mass is 253 g/mol. The molecule has 0 radical (unpaired) electrons. The lowest BCUT2D eigenvalue weighted by Gasteiger charge is -2.32. The molecular formula is C18H23N. The maximum atomic E-state index is 2.42. The number of rotatable bonds is 3. The lowest BCUT2D eigenvalue weighted by atomic mass is 10.1. The average Bonchev–Trinajstić information content (AvgIpc) is 2.34. The summed E-state index contributed by atoms with van der Waals surface area (Å²) < 4.78 is 0. The van der Waals surface area contributed by atoms with Crippen LogP contribution in [0.5, 0.6) is 0 Å². The number of anilines is 2. The van der Waals surface area contributed by atoms with Gasteiger partial charge in [-0.05, 0) is 57.9 Å². The maximum absolute atomic E-state index is 2.42. The summed E-state index contributed by atoms with van der Waals surface area (Å²) in [5.41, 5.74) is 6.56. The molecule has 0 heterocycles. The van der Waals surface area contributed by atoms with Crippen LogP contribution in [0.1, 0.15) is 30.5 Å². The Labute approximate surface area is 116 Å². The number of benzene rings is 2. The van der Waals surface area contributed by atoms with Crippen LogP contribution >= 0.6 is 0 Å². The van der Waals surface area contributed by atoms with Gasteiger partial charge < -0.3 is 4.90 Å². The molecule has 0 saturated heterocycles. The van der Waals surface area contributed by atoms with Gasteiger partial charge in [0, 0.05) is 17.4 Å². The van der Waals surface area contributed by atoms with Crippen molar-refractivity contribution in [3.8, 4) is 0 Å². The van der Waals surface area contributed by atoms with E-state index < -0.39 is 0 Å². The fourth-order valence-corrected chi connectivity index (χ4v) is 2.60. The summed E-state index contributed by atoms with van der Waals surface area (Å²) in [6.07, 6.45) is 0. The van der Waals surface area contributed by atoms with Gasteiger partial charge in [0.05, 0.1) is 0 Å². The molecule has 2 aromatic rings. The Kier molecular flexibility index (Phi) is 3.94. The van der Waals surface area contributed by atoms with E-state index in [4.69, 9.17) is 0 Å². The zero-order chi connectivity index (χ0) is 14.0. The minimum atomic E-state index is 0.433. The number of nitrogens with zero attached hydrogens (tertiary/aromatic N) is 1. The molecule has 0 aliphatic rings. The Morgan fingerprint density at radius 3 is 2.00 bits per heavy atom. The van der Waals surface area contributed by atoms with Crippen LogP contribution in [0.3, 0.4) is 0 Å². The molecule has 1 nitrogen and oxygen atoms in total. The maximum Gasteiger partial charge on any atom is 0.0443 e. The van der Waals surface area contributed by atoms with Gasteiger partial charge in [0.25, 0.3) is 0 Å². The molecule has 0 aromatic heterocycles. The molecule has 0 unspecified atom stereocenters. The van der Waals surface area contributed by atoms with Crippen LogP contribution in [-0.4, -0.2) is 6.04 Å². The molecule has 19 heavy (non-hydrogen) atoms. The molecule has 2 aromatic carbocycles. The zero-order valence-corrected chi connectivity index (χ0v) is 12.6. The van der Waals surface area contributed by atoms with Crippen molar-refractivity contribution >= 4 is 11.4 Å². The van der Waals surface area contributed by atoms with Gasteiger partial charge in [0.2, 0.25) is 0 Å². The van der Waals surface area contributed by atoms with Gasteiger partial charge in [-0.3, -0.25) is 0 Å². The molecule has 0 spiro atoms. The molecule has 0 aliphatic heterocycles. The molecular weight excluding hydrogens is 230 g/mol. The van der Waals surface area contributed by atoms with Crippen LogP contribution in [0.2, 0.25) is 0 Å². The Balaban J connectivity index is 2.55. The van der Waals surface area contributed by atoms with E-state index in [0.29, 0.717) is 6.04 Å². The van der Waals surface area contributed by atoms with E-state index in [-0.39, 0.29) is 0 Å². The first-order valence-electron chi connectivity index (χ1n) is 6.93. The van der Waals surface area contributed by atoms with Crippen molar-refractivity contribution in [2.75, 3.05) is 4.90 Å². The smallest absolute Gasteiger partial charge is 0.0443 e. The second-order valence-electron chi connectivity index (χ2n) is 5.54. The molecule has 1 heteroatoms. The average molecular weight is 253 g/mol. The van der Waals surface area contributed by atoms with E-state index in [1.807, 2.05) is 0 Å². The highest BCUT2D eigenvalue weighted by Crippen LogP contribution is 2.33. The van der Waals surface area contributed by atoms with Crippen LogP contribution < -0.4 is 4.90 Å². The van der Waals surface area contributed by atoms with Gasteiger partial charge in [-0.2, -0.15) is 0 Å². The summed E-state index contributed by atoms with van der Waals surface area (Å²) in [7, 11) is 0. The minimum absolute atomic E-state index is 0.433. The van der Waals surface area contributed by atoms with E-state index in [0.717, 1.165) is 0 Å². The van der Waals surface area contributed by atoms with Crippen LogP contribution in [-0.2, 0) is 0 Å². The molecule has 0 aliphatic carbocycles. The Bertz CT molecular complexity index is 570. The summed E-state index contributed by atoms with van der Waals surface area (Å²) in [5, 5.41) is 0. The largest absolute Gasteiger partial charge is 0.338 e. The van der Waals surface area contributed by atoms with Crippen molar-refractivity contribution in [1.29, 1.82) is 0 Å². The highest BCUT2D eigenvalue weighted by atomic mass is 15.2. The van der Waals surface area contributed by atoms with Gasteiger partial charge in [-0.1, -0.05) is 35.9 Å². The number of para-hydroxylation sites is 1. The lowest BCUT2D eigenvalue weighted by molar-refractivity contribution is 0.784. The summed E-state index contributed by atoms with van der Waals surface area (Å²) in [6, 6.07) is 15.7. The third-order valence-electron chi connectivity index (χ3n) is 3.50. The third-order valence-corrected chi connectivity index (χ3v) is 3.50. The Morgan fingerprint density at radius 1 is 0.789 bits per heavy atom. The number of hydrogen-bond acceptors (Lipinski definition) is 1. The van der Waals surface area contributed by atoms with Gasteiger partial charge in [0.1, 0.15) is 0 Å². The molecule has 0 amide bonds. The van der Waals surface area contributed by atoms with Gasteiger partial charge in [-0.25, -0.2) is 0 Å². The highest BCUT2D eigenvalue weighted by molar-refractivity contribution is 5.69. The van der Waals surface area contributed by atoms with Gasteiger partial charge in [-0.15, -0.1) is 0 Å². The predicted molar refractivity (Wildman–Crippen MR) is 84.4 cm³/mol. The highest BCUT2D eigenvalue weighted by Gasteiger charge is 2.16. The Morgan fingerprint density at radius 2 is 1.42 bits per heavy atom. The van der Waals surface area contributed by atoms with Crippen molar-refractivity contribution < 1.29 is 0 Å². The first-order valence-corrected chi connectivity index (χ1v) is 6.93. The van der Waals surface area contributed by atoms with Crippen LogP contribution in [0.25, 0.3) is 0 Å². The van der Waals surface area contributed by atoms with Crippen molar-refractivity contribution in [2.24, 2.45) is 0 Å².